The van der Waals surface area contributed by atoms with Crippen LogP contribution < -0.4 is 0 Å². The Morgan fingerprint density at radius 3 is 1.85 bits per heavy atom. The molecule has 0 bridgehead atoms. The summed E-state index contributed by atoms with van der Waals surface area (Å²) >= 11 is 0. The predicted molar refractivity (Wildman–Crippen MR) is 58.9 cm³/mol. The summed E-state index contributed by atoms with van der Waals surface area (Å²) in [5.74, 6) is 1.21. The molecule has 0 amide bonds. The van der Waals surface area contributed by atoms with E-state index in [9.17, 15) is 0 Å². The minimum absolute atomic E-state index is 0.584. The molecule has 13 heavy (non-hydrogen) atoms. The summed E-state index contributed by atoms with van der Waals surface area (Å²) in [5, 5.41) is 0. The van der Waals surface area contributed by atoms with Crippen molar-refractivity contribution in [1.82, 2.24) is 0 Å². The van der Waals surface area contributed by atoms with Gasteiger partial charge in [-0.2, -0.15) is 0 Å². The first-order chi connectivity index (χ1) is 6.15. The Morgan fingerprint density at radius 2 is 1.46 bits per heavy atom. The van der Waals surface area contributed by atoms with Crippen LogP contribution in [0.5, 0.6) is 0 Å². The highest BCUT2D eigenvalue weighted by Gasteiger charge is 2.03. The zero-order valence-electron chi connectivity index (χ0n) is 8.88. The third-order valence-corrected chi connectivity index (χ3v) is 2.61. The Morgan fingerprint density at radius 1 is 1.00 bits per heavy atom. The summed E-state index contributed by atoms with van der Waals surface area (Å²) in [6.45, 7) is 10.6. The van der Waals surface area contributed by atoms with Crippen molar-refractivity contribution in [1.29, 1.82) is 0 Å². The van der Waals surface area contributed by atoms with E-state index in [2.05, 4.69) is 52.0 Å². The van der Waals surface area contributed by atoms with Gasteiger partial charge in [0.15, 0.2) is 0 Å². The molecule has 1 unspecified atom stereocenters. The van der Waals surface area contributed by atoms with Crippen molar-refractivity contribution in [2.75, 3.05) is 0 Å². The van der Waals surface area contributed by atoms with Crippen LogP contribution in [0.1, 0.15) is 50.2 Å². The molecular weight excluding hydrogens is 156 g/mol. The van der Waals surface area contributed by atoms with Gasteiger partial charge in [0.2, 0.25) is 0 Å². The first kappa shape index (κ1) is 10.3. The largest absolute Gasteiger partial charge is 0.0587 e. The summed E-state index contributed by atoms with van der Waals surface area (Å²) < 4.78 is 0. The van der Waals surface area contributed by atoms with Crippen molar-refractivity contribution in [2.45, 2.75) is 39.0 Å². The molecule has 0 aliphatic heterocycles. The second-order valence-electron chi connectivity index (χ2n) is 4.01. The fourth-order valence-corrected chi connectivity index (χ4v) is 1.38. The molecule has 0 N–H and O–H groups in total. The van der Waals surface area contributed by atoms with Gasteiger partial charge in [-0.15, -0.1) is 0 Å². The van der Waals surface area contributed by atoms with Gasteiger partial charge in [-0.25, -0.2) is 0 Å². The predicted octanol–water partition coefficient (Wildman–Crippen LogP) is 4.14. The van der Waals surface area contributed by atoms with E-state index < -0.39 is 0 Å². The van der Waals surface area contributed by atoms with Crippen LogP contribution in [0.2, 0.25) is 0 Å². The SMILES string of the molecule is [CH2]CC(C)c1ccc(C(C)C)cc1. The lowest BCUT2D eigenvalue weighted by Crippen LogP contribution is -1.93. The van der Waals surface area contributed by atoms with Gasteiger partial charge in [0.05, 0.1) is 0 Å². The molecule has 0 heterocycles. The van der Waals surface area contributed by atoms with Crippen molar-refractivity contribution in [2.24, 2.45) is 0 Å². The number of hydrogen-bond acceptors (Lipinski definition) is 0. The Labute approximate surface area is 82.0 Å². The maximum Gasteiger partial charge on any atom is -0.0190 e. The fraction of sp³-hybridized carbons (Fsp3) is 0.462. The molecule has 1 rings (SSSR count). The van der Waals surface area contributed by atoms with E-state index in [0.717, 1.165) is 6.42 Å². The first-order valence-electron chi connectivity index (χ1n) is 5.04. The minimum Gasteiger partial charge on any atom is -0.0587 e. The molecule has 0 aliphatic carbocycles. The zero-order chi connectivity index (χ0) is 9.84. The standard InChI is InChI=1S/C13H19/c1-5-11(4)13-8-6-12(7-9-13)10(2)3/h6-11H,1,5H2,2-4H3. The first-order valence-corrected chi connectivity index (χ1v) is 5.04. The van der Waals surface area contributed by atoms with Gasteiger partial charge >= 0.3 is 0 Å². The third kappa shape index (κ3) is 2.58. The number of hydrogen-bond donors (Lipinski definition) is 0. The van der Waals surface area contributed by atoms with E-state index in [1.807, 2.05) is 0 Å². The van der Waals surface area contributed by atoms with Crippen molar-refractivity contribution in [3.8, 4) is 0 Å². The lowest BCUT2D eigenvalue weighted by molar-refractivity contribution is 0.775. The van der Waals surface area contributed by atoms with Crippen LogP contribution >= 0.6 is 0 Å². The van der Waals surface area contributed by atoms with Gasteiger partial charge in [0.1, 0.15) is 0 Å². The Kier molecular flexibility index (Phi) is 3.53. The summed E-state index contributed by atoms with van der Waals surface area (Å²) in [6.07, 6.45) is 0.973. The molecule has 0 aliphatic rings. The number of benzene rings is 1. The van der Waals surface area contributed by atoms with Gasteiger partial charge in [-0.05, 0) is 29.4 Å². The summed E-state index contributed by atoms with van der Waals surface area (Å²) in [6, 6.07) is 8.91. The van der Waals surface area contributed by atoms with Crippen molar-refractivity contribution >= 4 is 0 Å². The lowest BCUT2D eigenvalue weighted by Gasteiger charge is -2.10. The minimum atomic E-state index is 0.584. The Bertz CT molecular complexity index is 243. The van der Waals surface area contributed by atoms with Crippen LogP contribution in [0.3, 0.4) is 0 Å². The monoisotopic (exact) mass is 175 g/mol. The van der Waals surface area contributed by atoms with Gasteiger partial charge in [-0.3, -0.25) is 0 Å². The normalized spacial score (nSPS) is 13.3. The molecule has 1 aromatic rings. The molecule has 0 nitrogen and oxygen atoms in total. The lowest BCUT2D eigenvalue weighted by atomic mass is 9.95. The van der Waals surface area contributed by atoms with Gasteiger partial charge in [0.25, 0.3) is 0 Å². The molecule has 71 valence electrons. The smallest absolute Gasteiger partial charge is 0.0190 e. The fourth-order valence-electron chi connectivity index (χ4n) is 1.38. The molecule has 0 saturated carbocycles. The average molecular weight is 175 g/mol. The molecule has 1 atom stereocenters. The molecule has 0 spiro atoms. The second kappa shape index (κ2) is 4.45. The average Bonchev–Trinajstić information content (AvgIpc) is 2.17. The van der Waals surface area contributed by atoms with E-state index in [0.29, 0.717) is 11.8 Å². The summed E-state index contributed by atoms with van der Waals surface area (Å²) in [4.78, 5) is 0. The molecular formula is C13H19. The van der Waals surface area contributed by atoms with Crippen LogP contribution in [0.25, 0.3) is 0 Å². The molecule has 0 aromatic heterocycles. The van der Waals surface area contributed by atoms with E-state index in [1.54, 1.807) is 0 Å². The third-order valence-electron chi connectivity index (χ3n) is 2.61. The Balaban J connectivity index is 2.81. The quantitative estimate of drug-likeness (QED) is 0.647. The molecule has 0 heteroatoms. The van der Waals surface area contributed by atoms with Crippen molar-refractivity contribution < 1.29 is 0 Å². The van der Waals surface area contributed by atoms with E-state index in [-0.39, 0.29) is 0 Å². The van der Waals surface area contributed by atoms with Crippen LogP contribution in [0.4, 0.5) is 0 Å². The van der Waals surface area contributed by atoms with Gasteiger partial charge in [-0.1, -0.05) is 52.0 Å². The van der Waals surface area contributed by atoms with E-state index in [4.69, 9.17) is 0 Å². The van der Waals surface area contributed by atoms with Crippen LogP contribution in [-0.2, 0) is 0 Å². The molecule has 0 saturated heterocycles. The maximum atomic E-state index is 3.92. The van der Waals surface area contributed by atoms with Gasteiger partial charge in [0, 0.05) is 0 Å². The van der Waals surface area contributed by atoms with Crippen LogP contribution in [0, 0.1) is 6.92 Å². The summed E-state index contributed by atoms with van der Waals surface area (Å²) in [7, 11) is 0. The maximum absolute atomic E-state index is 3.92. The highest BCUT2D eigenvalue weighted by Crippen LogP contribution is 2.21. The Hall–Kier alpha value is -0.780. The second-order valence-corrected chi connectivity index (χ2v) is 4.01. The van der Waals surface area contributed by atoms with Crippen LogP contribution in [0.15, 0.2) is 24.3 Å². The molecule has 0 fully saturated rings. The van der Waals surface area contributed by atoms with E-state index >= 15 is 0 Å². The topological polar surface area (TPSA) is 0 Å². The van der Waals surface area contributed by atoms with Gasteiger partial charge < -0.3 is 0 Å². The highest BCUT2D eigenvalue weighted by molar-refractivity contribution is 5.26. The molecule has 1 radical (unpaired) electrons. The highest BCUT2D eigenvalue weighted by atomic mass is 14.1. The molecule has 1 aromatic carbocycles. The van der Waals surface area contributed by atoms with Crippen LogP contribution in [-0.4, -0.2) is 0 Å². The zero-order valence-corrected chi connectivity index (χ0v) is 8.88. The summed E-state index contributed by atoms with van der Waals surface area (Å²) in [5.41, 5.74) is 2.82. The van der Waals surface area contributed by atoms with Crippen molar-refractivity contribution in [3.05, 3.63) is 42.3 Å². The number of rotatable bonds is 3. The van der Waals surface area contributed by atoms with E-state index in [1.165, 1.54) is 11.1 Å². The van der Waals surface area contributed by atoms with Crippen molar-refractivity contribution in [3.63, 3.8) is 0 Å².